The summed E-state index contributed by atoms with van der Waals surface area (Å²) in [6, 6.07) is 16.0. The molecule has 0 spiro atoms. The van der Waals surface area contributed by atoms with E-state index in [1.54, 1.807) is 36.4 Å². The third-order valence-corrected chi connectivity index (χ3v) is 6.67. The molecule has 0 aromatic heterocycles. The van der Waals surface area contributed by atoms with Crippen LogP contribution < -0.4 is 4.74 Å². The summed E-state index contributed by atoms with van der Waals surface area (Å²) in [4.78, 5) is 0. The Morgan fingerprint density at radius 2 is 1.37 bits per heavy atom. The predicted octanol–water partition coefficient (Wildman–Crippen LogP) is 6.58. The fourth-order valence-electron chi connectivity index (χ4n) is 4.71. The Hall–Kier alpha value is -3.08. The summed E-state index contributed by atoms with van der Waals surface area (Å²) in [7, 11) is 0. The number of ether oxygens (including phenoxy) is 1. The first-order chi connectivity index (χ1) is 17.8. The summed E-state index contributed by atoms with van der Waals surface area (Å²) in [6.45, 7) is 1.49. The van der Waals surface area contributed by atoms with Crippen LogP contribution in [-0.2, 0) is 18.8 Å². The molecule has 3 rings (SSSR count). The van der Waals surface area contributed by atoms with Crippen molar-refractivity contribution in [3.8, 4) is 16.9 Å². The number of benzene rings is 3. The van der Waals surface area contributed by atoms with Crippen LogP contribution in [0.4, 0.5) is 26.3 Å². The molecule has 3 N–H and O–H groups in total. The van der Waals surface area contributed by atoms with Crippen LogP contribution in [0.25, 0.3) is 11.1 Å². The maximum atomic E-state index is 14.4. The van der Waals surface area contributed by atoms with Crippen LogP contribution in [0, 0.1) is 6.92 Å². The molecule has 3 aromatic rings. The van der Waals surface area contributed by atoms with E-state index in [0.29, 0.717) is 11.1 Å². The molecule has 0 amide bonds. The molecule has 1 unspecified atom stereocenters. The van der Waals surface area contributed by atoms with Crippen LogP contribution in [0.2, 0.25) is 0 Å². The van der Waals surface area contributed by atoms with Crippen molar-refractivity contribution in [3.05, 3.63) is 89.0 Å². The number of aliphatic hydroxyl groups excluding tert-OH is 2. The quantitative estimate of drug-likeness (QED) is 0.267. The van der Waals surface area contributed by atoms with E-state index < -0.39 is 48.8 Å². The van der Waals surface area contributed by atoms with E-state index in [4.69, 9.17) is 4.74 Å². The molecule has 0 bridgehead atoms. The maximum Gasteiger partial charge on any atom is 0.430 e. The van der Waals surface area contributed by atoms with Crippen LogP contribution in [-0.4, -0.2) is 33.3 Å². The largest absolute Gasteiger partial charge is 0.478 e. The first kappa shape index (κ1) is 29.5. The highest BCUT2D eigenvalue weighted by molar-refractivity contribution is 5.69. The highest BCUT2D eigenvalue weighted by atomic mass is 19.4. The Balaban J connectivity index is 2.40. The van der Waals surface area contributed by atoms with Crippen LogP contribution >= 0.6 is 0 Å². The summed E-state index contributed by atoms with van der Waals surface area (Å²) < 4.78 is 92.4. The average molecular weight is 543 g/mol. The predicted molar refractivity (Wildman–Crippen MR) is 129 cm³/mol. The Kier molecular flexibility index (Phi) is 8.50. The van der Waals surface area contributed by atoms with E-state index in [-0.39, 0.29) is 28.9 Å². The van der Waals surface area contributed by atoms with Crippen LogP contribution in [0.1, 0.15) is 42.0 Å². The highest BCUT2D eigenvalue weighted by Gasteiger charge is 2.81. The Morgan fingerprint density at radius 3 is 1.89 bits per heavy atom. The number of rotatable bonds is 9. The van der Waals surface area contributed by atoms with Crippen molar-refractivity contribution in [1.29, 1.82) is 0 Å². The standard InChI is InChI=1S/C28H28F6O4/c1-3-14-25(26(37,27(29,30)31)28(32,33)34,22-13-12-20(16-35)21(15-22)17-36)38-24-11-7-10-23(18(24)2)19-8-5-4-6-9-19/h4-13,15,35-37H,3,14,16-17H2,1-2H3. The molecule has 0 aliphatic heterocycles. The van der Waals surface area contributed by atoms with Gasteiger partial charge in [-0.05, 0) is 58.9 Å². The molecule has 1 atom stereocenters. The van der Waals surface area contributed by atoms with Gasteiger partial charge in [-0.1, -0.05) is 67.9 Å². The van der Waals surface area contributed by atoms with Crippen molar-refractivity contribution in [2.75, 3.05) is 0 Å². The normalized spacial score (nSPS) is 14.3. The van der Waals surface area contributed by atoms with Crippen LogP contribution in [0.5, 0.6) is 5.75 Å². The Morgan fingerprint density at radius 1 is 0.763 bits per heavy atom. The van der Waals surface area contributed by atoms with Crippen molar-refractivity contribution in [3.63, 3.8) is 0 Å². The minimum Gasteiger partial charge on any atom is -0.478 e. The van der Waals surface area contributed by atoms with Crippen LogP contribution in [0.15, 0.2) is 66.7 Å². The third kappa shape index (κ3) is 5.00. The minimum absolute atomic E-state index is 0.101. The van der Waals surface area contributed by atoms with Gasteiger partial charge in [0.2, 0.25) is 0 Å². The van der Waals surface area contributed by atoms with Crippen molar-refractivity contribution < 1.29 is 46.4 Å². The molecule has 10 heteroatoms. The first-order valence-electron chi connectivity index (χ1n) is 11.8. The van der Waals surface area contributed by atoms with Crippen molar-refractivity contribution in [2.45, 2.75) is 63.5 Å². The molecule has 206 valence electrons. The number of halogens is 6. The number of hydrogen-bond acceptors (Lipinski definition) is 4. The third-order valence-electron chi connectivity index (χ3n) is 6.67. The van der Waals surface area contributed by atoms with E-state index in [9.17, 15) is 41.7 Å². The van der Waals surface area contributed by atoms with Gasteiger partial charge in [0, 0.05) is 0 Å². The Labute approximate surface area is 216 Å². The molecule has 3 aromatic carbocycles. The summed E-state index contributed by atoms with van der Waals surface area (Å²) >= 11 is 0. The smallest absolute Gasteiger partial charge is 0.430 e. The molecule has 4 nitrogen and oxygen atoms in total. The van der Waals surface area contributed by atoms with E-state index in [1.807, 2.05) is 0 Å². The molecule has 0 saturated carbocycles. The van der Waals surface area contributed by atoms with Gasteiger partial charge < -0.3 is 20.1 Å². The number of hydrogen-bond donors (Lipinski definition) is 3. The van der Waals surface area contributed by atoms with E-state index in [1.165, 1.54) is 26.0 Å². The zero-order chi connectivity index (χ0) is 28.4. The lowest BCUT2D eigenvalue weighted by Crippen LogP contribution is -2.71. The lowest BCUT2D eigenvalue weighted by Gasteiger charge is -2.48. The van der Waals surface area contributed by atoms with Gasteiger partial charge in [-0.3, -0.25) is 0 Å². The van der Waals surface area contributed by atoms with Gasteiger partial charge in [0.15, 0.2) is 5.60 Å². The lowest BCUT2D eigenvalue weighted by molar-refractivity contribution is -0.413. The highest BCUT2D eigenvalue weighted by Crippen LogP contribution is 2.57. The van der Waals surface area contributed by atoms with Crippen LogP contribution in [0.3, 0.4) is 0 Å². The van der Waals surface area contributed by atoms with Gasteiger partial charge in [-0.2, -0.15) is 26.3 Å². The molecule has 0 fully saturated rings. The minimum atomic E-state index is -6.21. The summed E-state index contributed by atoms with van der Waals surface area (Å²) in [6.07, 6.45) is -13.5. The maximum absolute atomic E-state index is 14.4. The molecule has 0 aliphatic rings. The number of alkyl halides is 6. The summed E-state index contributed by atoms with van der Waals surface area (Å²) in [5, 5.41) is 30.1. The van der Waals surface area contributed by atoms with Gasteiger partial charge in [-0.25, -0.2) is 0 Å². The topological polar surface area (TPSA) is 69.9 Å². The van der Waals surface area contributed by atoms with Gasteiger partial charge in [0.1, 0.15) is 5.75 Å². The second-order valence-corrected chi connectivity index (χ2v) is 8.98. The molecule has 0 aliphatic carbocycles. The van der Waals surface area contributed by atoms with Crippen molar-refractivity contribution >= 4 is 0 Å². The van der Waals surface area contributed by atoms with E-state index in [0.717, 1.165) is 18.2 Å². The second-order valence-electron chi connectivity index (χ2n) is 8.98. The fourth-order valence-corrected chi connectivity index (χ4v) is 4.71. The molecular formula is C28H28F6O4. The van der Waals surface area contributed by atoms with E-state index in [2.05, 4.69) is 0 Å². The second kappa shape index (κ2) is 11.0. The fraction of sp³-hybridized carbons (Fsp3) is 0.357. The van der Waals surface area contributed by atoms with Gasteiger partial charge in [0.05, 0.1) is 13.2 Å². The van der Waals surface area contributed by atoms with E-state index >= 15 is 0 Å². The summed E-state index contributed by atoms with van der Waals surface area (Å²) in [5.74, 6) is -0.288. The monoisotopic (exact) mass is 542 g/mol. The van der Waals surface area contributed by atoms with Gasteiger partial charge in [0.25, 0.3) is 0 Å². The molecule has 0 radical (unpaired) electrons. The lowest BCUT2D eigenvalue weighted by atomic mass is 9.72. The van der Waals surface area contributed by atoms with Crippen molar-refractivity contribution in [2.24, 2.45) is 0 Å². The van der Waals surface area contributed by atoms with Gasteiger partial charge in [-0.15, -0.1) is 0 Å². The summed E-state index contributed by atoms with van der Waals surface area (Å²) in [5.41, 5.74) is -7.96. The average Bonchev–Trinajstić information content (AvgIpc) is 2.87. The van der Waals surface area contributed by atoms with Gasteiger partial charge >= 0.3 is 18.0 Å². The Bertz CT molecular complexity index is 1230. The molecule has 0 saturated heterocycles. The molecular weight excluding hydrogens is 514 g/mol. The number of aliphatic hydroxyl groups is 3. The zero-order valence-electron chi connectivity index (χ0n) is 20.7. The zero-order valence-corrected chi connectivity index (χ0v) is 20.7. The first-order valence-corrected chi connectivity index (χ1v) is 11.8. The van der Waals surface area contributed by atoms with Crippen molar-refractivity contribution in [1.82, 2.24) is 0 Å². The SMILES string of the molecule is CCCC(Oc1cccc(-c2ccccc2)c1C)(c1ccc(CO)c(CO)c1)C(O)(C(F)(F)F)C(F)(F)F. The molecule has 38 heavy (non-hydrogen) atoms. The molecule has 0 heterocycles.